The summed E-state index contributed by atoms with van der Waals surface area (Å²) in [6.07, 6.45) is 3.67. The smallest absolute Gasteiger partial charge is 0.252 e. The molecule has 2 aromatic rings. The van der Waals surface area contributed by atoms with E-state index in [0.717, 1.165) is 29.4 Å². The van der Waals surface area contributed by atoms with Crippen molar-refractivity contribution in [3.8, 4) is 0 Å². The van der Waals surface area contributed by atoms with Gasteiger partial charge in [0, 0.05) is 23.7 Å². The molecular weight excluding hydrogens is 226 g/mol. The number of aromatic nitrogens is 3. The zero-order valence-electron chi connectivity index (χ0n) is 11.4. The lowest BCUT2D eigenvalue weighted by molar-refractivity contribution is 0.469. The van der Waals surface area contributed by atoms with Crippen LogP contribution in [0.15, 0.2) is 17.1 Å². The molecule has 0 atom stereocenters. The molecule has 0 spiro atoms. The Morgan fingerprint density at radius 2 is 1.94 bits per heavy atom. The van der Waals surface area contributed by atoms with Crippen LogP contribution in [0.1, 0.15) is 44.1 Å². The van der Waals surface area contributed by atoms with E-state index in [0.29, 0.717) is 5.82 Å². The van der Waals surface area contributed by atoms with Gasteiger partial charge in [-0.25, -0.2) is 9.97 Å². The third kappa shape index (κ3) is 2.03. The second-order valence-electron chi connectivity index (χ2n) is 4.66. The van der Waals surface area contributed by atoms with E-state index in [2.05, 4.69) is 23.8 Å². The lowest BCUT2D eigenvalue weighted by atomic mass is 10.1. The van der Waals surface area contributed by atoms with Crippen LogP contribution in [0.4, 0.5) is 0 Å². The first-order chi connectivity index (χ1) is 8.58. The second-order valence-corrected chi connectivity index (χ2v) is 4.66. The molecule has 0 radical (unpaired) electrons. The van der Waals surface area contributed by atoms with Gasteiger partial charge in [0.15, 0.2) is 0 Å². The highest BCUT2D eigenvalue weighted by molar-refractivity contribution is 5.77. The topological polar surface area (TPSA) is 47.8 Å². The van der Waals surface area contributed by atoms with Crippen LogP contribution < -0.4 is 5.56 Å². The van der Waals surface area contributed by atoms with Crippen molar-refractivity contribution in [2.75, 3.05) is 0 Å². The van der Waals surface area contributed by atoms with Crippen LogP contribution in [-0.2, 0) is 0 Å². The fraction of sp³-hybridized carbons (Fsp3) is 0.500. The van der Waals surface area contributed by atoms with Gasteiger partial charge in [-0.3, -0.25) is 9.36 Å². The number of aryl methyl sites for hydroxylation is 2. The minimum absolute atomic E-state index is 0.0341. The average molecular weight is 245 g/mol. The Morgan fingerprint density at radius 3 is 2.56 bits per heavy atom. The summed E-state index contributed by atoms with van der Waals surface area (Å²) in [5, 5.41) is 0.965. The van der Waals surface area contributed by atoms with Gasteiger partial charge in [0.1, 0.15) is 11.5 Å². The molecule has 0 unspecified atom stereocenters. The highest BCUT2D eigenvalue weighted by Crippen LogP contribution is 2.20. The van der Waals surface area contributed by atoms with Crippen molar-refractivity contribution in [2.24, 2.45) is 0 Å². The van der Waals surface area contributed by atoms with Gasteiger partial charge < -0.3 is 0 Å². The molecule has 0 fully saturated rings. The van der Waals surface area contributed by atoms with E-state index in [-0.39, 0.29) is 11.6 Å². The highest BCUT2D eigenvalue weighted by atomic mass is 16.1. The Labute approximate surface area is 107 Å². The first-order valence-corrected chi connectivity index (χ1v) is 6.44. The fourth-order valence-electron chi connectivity index (χ4n) is 2.36. The molecular formula is C14H19N3O. The number of hydrogen-bond donors (Lipinski definition) is 0. The minimum atomic E-state index is 0.0341. The van der Waals surface area contributed by atoms with Gasteiger partial charge in [-0.15, -0.1) is 0 Å². The molecule has 0 aliphatic carbocycles. The molecule has 0 saturated carbocycles. The Kier molecular flexibility index (Phi) is 3.45. The summed E-state index contributed by atoms with van der Waals surface area (Å²) < 4.78 is 1.82. The van der Waals surface area contributed by atoms with Crippen LogP contribution in [0.2, 0.25) is 0 Å². The number of pyridine rings is 1. The van der Waals surface area contributed by atoms with Crippen LogP contribution in [-0.4, -0.2) is 14.5 Å². The predicted molar refractivity (Wildman–Crippen MR) is 72.9 cm³/mol. The molecule has 2 rings (SSSR count). The monoisotopic (exact) mass is 245 g/mol. The Hall–Kier alpha value is -1.71. The van der Waals surface area contributed by atoms with Gasteiger partial charge in [-0.05, 0) is 32.3 Å². The second kappa shape index (κ2) is 4.88. The van der Waals surface area contributed by atoms with E-state index < -0.39 is 0 Å². The SMILES string of the molecule is CCC(CC)n1c(=O)cc(C)c2cnc(C)nc21. The number of hydrogen-bond acceptors (Lipinski definition) is 3. The van der Waals surface area contributed by atoms with Crippen molar-refractivity contribution < 1.29 is 0 Å². The van der Waals surface area contributed by atoms with Gasteiger partial charge in [-0.1, -0.05) is 13.8 Å². The molecule has 0 bridgehead atoms. The van der Waals surface area contributed by atoms with E-state index in [9.17, 15) is 4.79 Å². The molecule has 18 heavy (non-hydrogen) atoms. The number of fused-ring (bicyclic) bond motifs is 1. The summed E-state index contributed by atoms with van der Waals surface area (Å²) in [5.41, 5.74) is 1.74. The summed E-state index contributed by atoms with van der Waals surface area (Å²) in [6, 6.07) is 1.88. The maximum Gasteiger partial charge on any atom is 0.252 e. The molecule has 0 aromatic carbocycles. The van der Waals surface area contributed by atoms with Crippen LogP contribution in [0.3, 0.4) is 0 Å². The van der Waals surface area contributed by atoms with Crippen molar-refractivity contribution in [1.29, 1.82) is 0 Å². The Morgan fingerprint density at radius 1 is 1.28 bits per heavy atom. The van der Waals surface area contributed by atoms with Gasteiger partial charge >= 0.3 is 0 Å². The fourth-order valence-corrected chi connectivity index (χ4v) is 2.36. The molecule has 0 N–H and O–H groups in total. The normalized spacial score (nSPS) is 11.4. The lowest BCUT2D eigenvalue weighted by Gasteiger charge is -2.19. The largest absolute Gasteiger partial charge is 0.289 e. The van der Waals surface area contributed by atoms with E-state index in [1.165, 1.54) is 0 Å². The molecule has 2 aromatic heterocycles. The van der Waals surface area contributed by atoms with E-state index in [1.54, 1.807) is 6.07 Å². The average Bonchev–Trinajstić information content (AvgIpc) is 2.34. The molecule has 2 heterocycles. The Balaban J connectivity index is 2.86. The number of rotatable bonds is 3. The van der Waals surface area contributed by atoms with Gasteiger partial charge in [0.25, 0.3) is 5.56 Å². The van der Waals surface area contributed by atoms with Crippen LogP contribution in [0.5, 0.6) is 0 Å². The van der Waals surface area contributed by atoms with Crippen molar-refractivity contribution in [1.82, 2.24) is 14.5 Å². The molecule has 0 aliphatic heterocycles. The lowest BCUT2D eigenvalue weighted by Crippen LogP contribution is -2.25. The van der Waals surface area contributed by atoms with Crippen LogP contribution >= 0.6 is 0 Å². The zero-order chi connectivity index (χ0) is 13.3. The van der Waals surface area contributed by atoms with Gasteiger partial charge in [0.2, 0.25) is 0 Å². The molecule has 4 heteroatoms. The summed E-state index contributed by atoms with van der Waals surface area (Å²) in [5.74, 6) is 0.701. The summed E-state index contributed by atoms with van der Waals surface area (Å²) in [4.78, 5) is 20.9. The maximum atomic E-state index is 12.2. The third-order valence-electron chi connectivity index (χ3n) is 3.43. The highest BCUT2D eigenvalue weighted by Gasteiger charge is 2.14. The molecule has 4 nitrogen and oxygen atoms in total. The first-order valence-electron chi connectivity index (χ1n) is 6.44. The van der Waals surface area contributed by atoms with Crippen LogP contribution in [0, 0.1) is 13.8 Å². The van der Waals surface area contributed by atoms with Crippen molar-refractivity contribution in [3.63, 3.8) is 0 Å². The standard InChI is InChI=1S/C14H19N3O/c1-5-11(6-2)17-13(18)7-9(3)12-8-15-10(4)16-14(12)17/h7-8,11H,5-6H2,1-4H3. The quantitative estimate of drug-likeness (QED) is 0.835. The first kappa shape index (κ1) is 12.7. The van der Waals surface area contributed by atoms with E-state index in [1.807, 2.05) is 24.6 Å². The van der Waals surface area contributed by atoms with Gasteiger partial charge in [-0.2, -0.15) is 0 Å². The predicted octanol–water partition coefficient (Wildman–Crippen LogP) is 2.77. The van der Waals surface area contributed by atoms with Crippen molar-refractivity contribution >= 4 is 11.0 Å². The third-order valence-corrected chi connectivity index (χ3v) is 3.43. The maximum absolute atomic E-state index is 12.2. The summed E-state index contributed by atoms with van der Waals surface area (Å²) >= 11 is 0. The minimum Gasteiger partial charge on any atom is -0.289 e. The zero-order valence-corrected chi connectivity index (χ0v) is 11.4. The summed E-state index contributed by atoms with van der Waals surface area (Å²) in [6.45, 7) is 7.98. The summed E-state index contributed by atoms with van der Waals surface area (Å²) in [7, 11) is 0. The molecule has 0 saturated heterocycles. The molecule has 96 valence electrons. The number of nitrogens with zero attached hydrogens (tertiary/aromatic N) is 3. The molecule has 0 aliphatic rings. The van der Waals surface area contributed by atoms with Gasteiger partial charge in [0.05, 0.1) is 0 Å². The van der Waals surface area contributed by atoms with Crippen LogP contribution in [0.25, 0.3) is 11.0 Å². The molecule has 0 amide bonds. The van der Waals surface area contributed by atoms with Crippen molar-refractivity contribution in [2.45, 2.75) is 46.6 Å². The van der Waals surface area contributed by atoms with E-state index in [4.69, 9.17) is 0 Å². The van der Waals surface area contributed by atoms with Crippen molar-refractivity contribution in [3.05, 3.63) is 34.0 Å². The van der Waals surface area contributed by atoms with E-state index >= 15 is 0 Å². The Bertz CT molecular complexity index is 627.